The molecule has 2 aliphatic rings. The standard InChI is InChI=1S/C20H18FN3O2/c1-12-17(19(25)26-2)20(10-9-13-14(20)6-5-7-15(13)21)24-18(23-12)16-8-3-4-11-22-16/h3-8,11,17H,1,9-10H2,2H3,(H,23,24). The molecule has 0 saturated heterocycles. The second kappa shape index (κ2) is 6.05. The number of nitrogens with one attached hydrogen (secondary N) is 1. The van der Waals surface area contributed by atoms with Crippen molar-refractivity contribution < 1.29 is 13.9 Å². The number of halogens is 1. The number of hydrogen-bond acceptors (Lipinski definition) is 5. The molecule has 4 rings (SSSR count). The Kier molecular flexibility index (Phi) is 3.83. The lowest BCUT2D eigenvalue weighted by atomic mass is 9.76. The Bertz CT molecular complexity index is 926. The quantitative estimate of drug-likeness (QED) is 0.845. The zero-order chi connectivity index (χ0) is 18.3. The van der Waals surface area contributed by atoms with Gasteiger partial charge in [-0.25, -0.2) is 4.39 Å². The Balaban J connectivity index is 1.95. The summed E-state index contributed by atoms with van der Waals surface area (Å²) in [5, 5.41) is 3.09. The highest BCUT2D eigenvalue weighted by Crippen LogP contribution is 2.50. The zero-order valence-electron chi connectivity index (χ0n) is 14.3. The number of benzene rings is 1. The second-order valence-corrected chi connectivity index (χ2v) is 6.47. The predicted octanol–water partition coefficient (Wildman–Crippen LogP) is 2.72. The first kappa shape index (κ1) is 16.4. The van der Waals surface area contributed by atoms with Gasteiger partial charge in [0.15, 0.2) is 5.84 Å². The molecular formula is C20H18FN3O2. The molecule has 26 heavy (non-hydrogen) atoms. The van der Waals surface area contributed by atoms with Crippen LogP contribution in [0.3, 0.4) is 0 Å². The van der Waals surface area contributed by atoms with Gasteiger partial charge in [-0.1, -0.05) is 24.8 Å². The van der Waals surface area contributed by atoms with E-state index in [2.05, 4.69) is 16.9 Å². The van der Waals surface area contributed by atoms with Crippen LogP contribution in [0.1, 0.15) is 23.2 Å². The highest BCUT2D eigenvalue weighted by atomic mass is 19.1. The van der Waals surface area contributed by atoms with E-state index in [1.54, 1.807) is 12.3 Å². The van der Waals surface area contributed by atoms with Gasteiger partial charge in [-0.2, -0.15) is 0 Å². The Hall–Kier alpha value is -3.02. The van der Waals surface area contributed by atoms with Crippen LogP contribution in [0.25, 0.3) is 0 Å². The van der Waals surface area contributed by atoms with Gasteiger partial charge in [0, 0.05) is 11.9 Å². The lowest BCUT2D eigenvalue weighted by Gasteiger charge is -2.39. The molecule has 2 heterocycles. The topological polar surface area (TPSA) is 63.6 Å². The fourth-order valence-electron chi connectivity index (χ4n) is 3.97. The smallest absolute Gasteiger partial charge is 0.317 e. The van der Waals surface area contributed by atoms with Gasteiger partial charge < -0.3 is 10.1 Å². The first-order valence-corrected chi connectivity index (χ1v) is 8.39. The summed E-state index contributed by atoms with van der Waals surface area (Å²) in [6.07, 6.45) is 2.67. The molecule has 1 N–H and O–H groups in total. The maximum atomic E-state index is 14.3. The molecule has 0 saturated carbocycles. The summed E-state index contributed by atoms with van der Waals surface area (Å²) in [5.41, 5.74) is 1.48. The fraction of sp³-hybridized carbons (Fsp3) is 0.250. The van der Waals surface area contributed by atoms with Crippen molar-refractivity contribution >= 4 is 11.8 Å². The fourth-order valence-corrected chi connectivity index (χ4v) is 3.97. The van der Waals surface area contributed by atoms with Gasteiger partial charge in [0.1, 0.15) is 23.0 Å². The lowest BCUT2D eigenvalue weighted by Crippen LogP contribution is -2.49. The summed E-state index contributed by atoms with van der Waals surface area (Å²) in [4.78, 5) is 21.8. The number of amidine groups is 1. The summed E-state index contributed by atoms with van der Waals surface area (Å²) >= 11 is 0. The van der Waals surface area contributed by atoms with Gasteiger partial charge in [-0.15, -0.1) is 0 Å². The Morgan fingerprint density at radius 2 is 2.19 bits per heavy atom. The minimum Gasteiger partial charge on any atom is -0.468 e. The molecule has 1 aliphatic carbocycles. The zero-order valence-corrected chi connectivity index (χ0v) is 14.3. The van der Waals surface area contributed by atoms with Crippen molar-refractivity contribution in [3.05, 3.63) is 77.5 Å². The average Bonchev–Trinajstić information content (AvgIpc) is 3.01. The lowest BCUT2D eigenvalue weighted by molar-refractivity contribution is -0.146. The first-order valence-electron chi connectivity index (χ1n) is 8.39. The van der Waals surface area contributed by atoms with Crippen molar-refractivity contribution in [3.63, 3.8) is 0 Å². The van der Waals surface area contributed by atoms with Crippen molar-refractivity contribution in [2.75, 3.05) is 7.11 Å². The number of pyridine rings is 1. The van der Waals surface area contributed by atoms with Crippen LogP contribution < -0.4 is 5.32 Å². The predicted molar refractivity (Wildman–Crippen MR) is 95.0 cm³/mol. The number of hydrogen-bond donors (Lipinski definition) is 1. The van der Waals surface area contributed by atoms with E-state index in [1.807, 2.05) is 24.3 Å². The van der Waals surface area contributed by atoms with Crippen molar-refractivity contribution in [3.8, 4) is 0 Å². The highest BCUT2D eigenvalue weighted by molar-refractivity contribution is 6.00. The van der Waals surface area contributed by atoms with Gasteiger partial charge in [0.25, 0.3) is 0 Å². The number of fused-ring (bicyclic) bond motifs is 2. The van der Waals surface area contributed by atoms with E-state index in [0.717, 1.165) is 0 Å². The Morgan fingerprint density at radius 1 is 1.35 bits per heavy atom. The van der Waals surface area contributed by atoms with Gasteiger partial charge >= 0.3 is 5.97 Å². The minimum absolute atomic E-state index is 0.276. The molecule has 132 valence electrons. The van der Waals surface area contributed by atoms with Crippen molar-refractivity contribution in [2.24, 2.45) is 10.9 Å². The summed E-state index contributed by atoms with van der Waals surface area (Å²) in [6, 6.07) is 10.4. The number of rotatable bonds is 2. The largest absolute Gasteiger partial charge is 0.468 e. The van der Waals surface area contributed by atoms with Gasteiger partial charge in [-0.05, 0) is 42.2 Å². The number of nitrogens with zero attached hydrogens (tertiary/aromatic N) is 2. The summed E-state index contributed by atoms with van der Waals surface area (Å²) in [6.45, 7) is 4.04. The molecule has 2 aromatic rings. The van der Waals surface area contributed by atoms with Gasteiger partial charge in [0.05, 0.1) is 7.11 Å². The molecule has 2 atom stereocenters. The number of aliphatic imine (C=N–C) groups is 1. The summed E-state index contributed by atoms with van der Waals surface area (Å²) in [7, 11) is 1.34. The number of carbonyl (C=O) groups is 1. The SMILES string of the molecule is C=C1NC(c2ccccn2)=NC2(CCc3c(F)cccc32)C1C(=O)OC. The number of esters is 1. The van der Waals surface area contributed by atoms with E-state index in [1.165, 1.54) is 13.2 Å². The van der Waals surface area contributed by atoms with Crippen LogP contribution in [0.4, 0.5) is 4.39 Å². The maximum Gasteiger partial charge on any atom is 0.317 e. The molecule has 0 bridgehead atoms. The van der Waals surface area contributed by atoms with E-state index in [-0.39, 0.29) is 5.82 Å². The molecule has 1 aromatic carbocycles. The molecule has 6 heteroatoms. The van der Waals surface area contributed by atoms with Crippen LogP contribution in [0.5, 0.6) is 0 Å². The molecule has 5 nitrogen and oxygen atoms in total. The molecule has 1 spiro atoms. The van der Waals surface area contributed by atoms with E-state index >= 15 is 0 Å². The van der Waals surface area contributed by atoms with Crippen molar-refractivity contribution in [1.29, 1.82) is 0 Å². The minimum atomic E-state index is -0.945. The molecular weight excluding hydrogens is 333 g/mol. The molecule has 2 unspecified atom stereocenters. The monoisotopic (exact) mass is 351 g/mol. The third-order valence-electron chi connectivity index (χ3n) is 5.10. The second-order valence-electron chi connectivity index (χ2n) is 6.47. The molecule has 1 aliphatic heterocycles. The number of carbonyl (C=O) groups excluding carboxylic acids is 1. The number of methoxy groups -OCH3 is 1. The third-order valence-corrected chi connectivity index (χ3v) is 5.10. The summed E-state index contributed by atoms with van der Waals surface area (Å²) < 4.78 is 19.4. The van der Waals surface area contributed by atoms with E-state index in [4.69, 9.17) is 9.73 Å². The molecule has 0 fully saturated rings. The third kappa shape index (κ3) is 2.33. The number of ether oxygens (including phenoxy) is 1. The van der Waals surface area contributed by atoms with Crippen LogP contribution >= 0.6 is 0 Å². The maximum absolute atomic E-state index is 14.3. The average molecular weight is 351 g/mol. The van der Waals surface area contributed by atoms with Crippen LogP contribution in [0.15, 0.2) is 59.9 Å². The molecule has 1 aromatic heterocycles. The highest BCUT2D eigenvalue weighted by Gasteiger charge is 2.53. The summed E-state index contributed by atoms with van der Waals surface area (Å²) in [5.74, 6) is -0.930. The first-order chi connectivity index (χ1) is 12.6. The number of aromatic nitrogens is 1. The van der Waals surface area contributed by atoms with Gasteiger partial charge in [-0.3, -0.25) is 14.8 Å². The molecule has 0 radical (unpaired) electrons. The van der Waals surface area contributed by atoms with Crippen molar-refractivity contribution in [2.45, 2.75) is 18.4 Å². The van der Waals surface area contributed by atoms with Crippen LogP contribution in [-0.4, -0.2) is 23.9 Å². The van der Waals surface area contributed by atoms with Crippen LogP contribution in [0, 0.1) is 11.7 Å². The van der Waals surface area contributed by atoms with E-state index in [9.17, 15) is 9.18 Å². The Labute approximate surface area is 150 Å². The molecule has 0 amide bonds. The van der Waals surface area contributed by atoms with Crippen molar-refractivity contribution in [1.82, 2.24) is 10.3 Å². The van der Waals surface area contributed by atoms with E-state index < -0.39 is 17.4 Å². The normalized spacial score (nSPS) is 24.0. The van der Waals surface area contributed by atoms with E-state index in [0.29, 0.717) is 41.2 Å². The van der Waals surface area contributed by atoms with Gasteiger partial charge in [0.2, 0.25) is 0 Å². The Morgan fingerprint density at radius 3 is 2.92 bits per heavy atom. The van der Waals surface area contributed by atoms with Crippen LogP contribution in [0.2, 0.25) is 0 Å². The van der Waals surface area contributed by atoms with Crippen LogP contribution in [-0.2, 0) is 21.5 Å².